The molecule has 0 bridgehead atoms. The number of halogens is 3. The molecule has 1 aliphatic heterocycles. The third kappa shape index (κ3) is 1.36. The van der Waals surface area contributed by atoms with Crippen LogP contribution in [0.25, 0.3) is 0 Å². The maximum atomic E-state index is 12.7. The molecule has 2 heterocycles. The van der Waals surface area contributed by atoms with E-state index < -0.39 is 11.9 Å². The van der Waals surface area contributed by atoms with E-state index in [0.717, 1.165) is 19.5 Å². The molecule has 2 aliphatic rings. The highest BCUT2D eigenvalue weighted by atomic mass is 19.4. The van der Waals surface area contributed by atoms with Crippen LogP contribution >= 0.6 is 0 Å². The van der Waals surface area contributed by atoms with Gasteiger partial charge in [0.2, 0.25) is 0 Å². The summed E-state index contributed by atoms with van der Waals surface area (Å²) in [6.45, 7) is 1.67. The first kappa shape index (κ1) is 10.1. The quantitative estimate of drug-likeness (QED) is 0.713. The molecule has 1 fully saturated rings. The van der Waals surface area contributed by atoms with Crippen LogP contribution in [0.2, 0.25) is 0 Å². The molecule has 3 rings (SSSR count). The van der Waals surface area contributed by atoms with Crippen molar-refractivity contribution in [2.45, 2.75) is 24.9 Å². The summed E-state index contributed by atoms with van der Waals surface area (Å²) in [7, 11) is 0. The Morgan fingerprint density at radius 2 is 2.06 bits per heavy atom. The highest BCUT2D eigenvalue weighted by molar-refractivity contribution is 5.34. The number of aromatic amines is 1. The molecule has 0 radical (unpaired) electrons. The van der Waals surface area contributed by atoms with Crippen molar-refractivity contribution in [3.05, 3.63) is 17.0 Å². The van der Waals surface area contributed by atoms with Crippen LogP contribution in [0, 0.1) is 5.92 Å². The van der Waals surface area contributed by atoms with Gasteiger partial charge in [0.25, 0.3) is 0 Å². The molecule has 0 amide bonds. The van der Waals surface area contributed by atoms with Gasteiger partial charge in [0, 0.05) is 23.7 Å². The lowest BCUT2D eigenvalue weighted by molar-refractivity contribution is -0.141. The van der Waals surface area contributed by atoms with Gasteiger partial charge in [0.15, 0.2) is 5.69 Å². The summed E-state index contributed by atoms with van der Waals surface area (Å²) >= 11 is 0. The molecule has 1 aliphatic carbocycles. The number of aromatic nitrogens is 2. The number of rotatable bonds is 0. The summed E-state index contributed by atoms with van der Waals surface area (Å²) in [6, 6.07) is 0. The Hall–Kier alpha value is -1.04. The van der Waals surface area contributed by atoms with E-state index in [-0.39, 0.29) is 5.92 Å². The van der Waals surface area contributed by atoms with Gasteiger partial charge in [0.1, 0.15) is 0 Å². The van der Waals surface area contributed by atoms with Gasteiger partial charge in [-0.25, -0.2) is 0 Å². The molecule has 0 unspecified atom stereocenters. The van der Waals surface area contributed by atoms with Crippen molar-refractivity contribution < 1.29 is 13.2 Å². The van der Waals surface area contributed by atoms with Crippen molar-refractivity contribution in [2.75, 3.05) is 13.1 Å². The van der Waals surface area contributed by atoms with E-state index in [1.165, 1.54) is 0 Å². The Morgan fingerprint density at radius 3 is 2.81 bits per heavy atom. The van der Waals surface area contributed by atoms with Crippen LogP contribution < -0.4 is 5.32 Å². The molecular weight excluding hydrogens is 219 g/mol. The molecule has 1 aromatic heterocycles. The SMILES string of the molecule is FC(F)(F)c1n[nH]c2c1CC[C@@H]1CNC[C@H]21. The zero-order chi connectivity index (χ0) is 11.3. The van der Waals surface area contributed by atoms with Gasteiger partial charge in [0.05, 0.1) is 0 Å². The van der Waals surface area contributed by atoms with Crippen molar-refractivity contribution in [2.24, 2.45) is 5.92 Å². The molecule has 2 N–H and O–H groups in total. The highest BCUT2D eigenvalue weighted by Crippen LogP contribution is 2.42. The average molecular weight is 231 g/mol. The molecule has 3 nitrogen and oxygen atoms in total. The standard InChI is InChI=1S/C10H12F3N3/c11-10(12,13)9-6-2-1-5-3-14-4-7(5)8(6)15-16-9/h5,7,14H,1-4H2,(H,15,16)/t5-,7+/m1/s1. The fourth-order valence-corrected chi connectivity index (χ4v) is 2.88. The number of nitrogens with zero attached hydrogens (tertiary/aromatic N) is 1. The van der Waals surface area contributed by atoms with Crippen LogP contribution in [0.5, 0.6) is 0 Å². The second-order valence-electron chi connectivity index (χ2n) is 4.53. The Balaban J connectivity index is 2.04. The third-order valence-corrected chi connectivity index (χ3v) is 3.64. The van der Waals surface area contributed by atoms with Crippen LogP contribution in [0.3, 0.4) is 0 Å². The van der Waals surface area contributed by atoms with E-state index in [9.17, 15) is 13.2 Å². The molecule has 0 aromatic carbocycles. The molecule has 0 saturated carbocycles. The summed E-state index contributed by atoms with van der Waals surface area (Å²) in [5.74, 6) is 0.654. The minimum atomic E-state index is -4.33. The Bertz CT molecular complexity index is 410. The van der Waals surface area contributed by atoms with Crippen LogP contribution in [-0.2, 0) is 12.6 Å². The average Bonchev–Trinajstić information content (AvgIpc) is 2.81. The van der Waals surface area contributed by atoms with Gasteiger partial charge >= 0.3 is 6.18 Å². The first-order chi connectivity index (χ1) is 7.57. The molecule has 1 aromatic rings. The number of alkyl halides is 3. The maximum Gasteiger partial charge on any atom is 0.435 e. The van der Waals surface area contributed by atoms with E-state index in [2.05, 4.69) is 15.5 Å². The number of hydrogen-bond acceptors (Lipinski definition) is 2. The van der Waals surface area contributed by atoms with E-state index >= 15 is 0 Å². The van der Waals surface area contributed by atoms with Crippen molar-refractivity contribution in [3.8, 4) is 0 Å². The number of H-pyrrole nitrogens is 1. The van der Waals surface area contributed by atoms with Crippen molar-refractivity contribution >= 4 is 0 Å². The van der Waals surface area contributed by atoms with Gasteiger partial charge in [-0.2, -0.15) is 18.3 Å². The fraction of sp³-hybridized carbons (Fsp3) is 0.700. The second-order valence-corrected chi connectivity index (χ2v) is 4.53. The van der Waals surface area contributed by atoms with E-state index in [0.29, 0.717) is 23.6 Å². The van der Waals surface area contributed by atoms with Gasteiger partial charge < -0.3 is 5.32 Å². The van der Waals surface area contributed by atoms with Crippen LogP contribution in [0.4, 0.5) is 13.2 Å². The summed E-state index contributed by atoms with van der Waals surface area (Å²) in [5, 5.41) is 9.27. The zero-order valence-corrected chi connectivity index (χ0v) is 8.56. The number of fused-ring (bicyclic) bond motifs is 3. The molecule has 2 atom stereocenters. The van der Waals surface area contributed by atoms with Crippen molar-refractivity contribution in [3.63, 3.8) is 0 Å². The van der Waals surface area contributed by atoms with Gasteiger partial charge in [-0.05, 0) is 25.3 Å². The fourth-order valence-electron chi connectivity index (χ4n) is 2.88. The smallest absolute Gasteiger partial charge is 0.316 e. The van der Waals surface area contributed by atoms with Gasteiger partial charge in [-0.1, -0.05) is 0 Å². The summed E-state index contributed by atoms with van der Waals surface area (Å²) in [4.78, 5) is 0. The number of nitrogens with one attached hydrogen (secondary N) is 2. The molecule has 1 saturated heterocycles. The molecular formula is C10H12F3N3. The highest BCUT2D eigenvalue weighted by Gasteiger charge is 2.43. The predicted molar refractivity (Wildman–Crippen MR) is 51.0 cm³/mol. The maximum absolute atomic E-state index is 12.7. The van der Waals surface area contributed by atoms with Crippen LogP contribution in [0.1, 0.15) is 29.3 Å². The van der Waals surface area contributed by atoms with Gasteiger partial charge in [-0.3, -0.25) is 5.10 Å². The van der Waals surface area contributed by atoms with Crippen LogP contribution in [0.15, 0.2) is 0 Å². The van der Waals surface area contributed by atoms with Crippen LogP contribution in [-0.4, -0.2) is 23.3 Å². The van der Waals surface area contributed by atoms with Crippen molar-refractivity contribution in [1.29, 1.82) is 0 Å². The first-order valence-electron chi connectivity index (χ1n) is 5.42. The lowest BCUT2D eigenvalue weighted by atomic mass is 9.80. The topological polar surface area (TPSA) is 40.7 Å². The first-order valence-corrected chi connectivity index (χ1v) is 5.42. The molecule has 16 heavy (non-hydrogen) atoms. The Labute approximate surface area is 90.4 Å². The molecule has 0 spiro atoms. The monoisotopic (exact) mass is 231 g/mol. The largest absolute Gasteiger partial charge is 0.435 e. The van der Waals surface area contributed by atoms with E-state index in [1.54, 1.807) is 0 Å². The third-order valence-electron chi connectivity index (χ3n) is 3.64. The summed E-state index contributed by atoms with van der Waals surface area (Å²) in [5.41, 5.74) is 0.374. The predicted octanol–water partition coefficient (Wildman–Crippen LogP) is 1.68. The second kappa shape index (κ2) is 3.23. The zero-order valence-electron chi connectivity index (χ0n) is 8.56. The normalized spacial score (nSPS) is 28.9. The van der Waals surface area contributed by atoms with Crippen molar-refractivity contribution in [1.82, 2.24) is 15.5 Å². The summed E-state index contributed by atoms with van der Waals surface area (Å²) < 4.78 is 38.0. The molecule has 6 heteroatoms. The van der Waals surface area contributed by atoms with E-state index in [1.807, 2.05) is 0 Å². The Kier molecular flexibility index (Phi) is 2.04. The van der Waals surface area contributed by atoms with E-state index in [4.69, 9.17) is 0 Å². The lowest BCUT2D eigenvalue weighted by Gasteiger charge is -2.24. The Morgan fingerprint density at radius 1 is 1.25 bits per heavy atom. The summed E-state index contributed by atoms with van der Waals surface area (Å²) in [6.07, 6.45) is -3.01. The number of hydrogen-bond donors (Lipinski definition) is 2. The lowest BCUT2D eigenvalue weighted by Crippen LogP contribution is -2.20. The minimum Gasteiger partial charge on any atom is -0.316 e. The van der Waals surface area contributed by atoms with Gasteiger partial charge in [-0.15, -0.1) is 0 Å². The minimum absolute atomic E-state index is 0.187. The molecule has 88 valence electrons.